The van der Waals surface area contributed by atoms with Crippen molar-refractivity contribution in [3.63, 3.8) is 0 Å². The lowest BCUT2D eigenvalue weighted by molar-refractivity contribution is -0.122. The molecule has 0 unspecified atom stereocenters. The highest BCUT2D eigenvalue weighted by atomic mass is 32.2. The van der Waals surface area contributed by atoms with Crippen molar-refractivity contribution < 1.29 is 14.0 Å². The zero-order valence-corrected chi connectivity index (χ0v) is 15.9. The quantitative estimate of drug-likeness (QED) is 0.595. The number of aryl methyl sites for hydroxylation is 1. The monoisotopic (exact) mass is 386 g/mol. The van der Waals surface area contributed by atoms with Gasteiger partial charge in [-0.25, -0.2) is 0 Å². The Morgan fingerprint density at radius 2 is 2.19 bits per heavy atom. The molecular weight excluding hydrogens is 368 g/mol. The first kappa shape index (κ1) is 18.4. The molecule has 1 fully saturated rings. The molecule has 2 aromatic rings. The third-order valence-corrected chi connectivity index (χ3v) is 5.16. The van der Waals surface area contributed by atoms with Crippen molar-refractivity contribution in [3.8, 4) is 0 Å². The van der Waals surface area contributed by atoms with Gasteiger partial charge >= 0.3 is 0 Å². The number of thiocarbonyl (C=S) groups is 1. The lowest BCUT2D eigenvalue weighted by atomic mass is 10.2. The Labute approximate surface area is 161 Å². The number of nitrogens with one attached hydrogen (secondary N) is 1. The second-order valence-electron chi connectivity index (χ2n) is 5.87. The molecule has 1 aromatic heterocycles. The largest absolute Gasteiger partial charge is 0.465 e. The third-order valence-electron chi connectivity index (χ3n) is 3.78. The molecule has 5 nitrogen and oxygen atoms in total. The van der Waals surface area contributed by atoms with Gasteiger partial charge in [-0.3, -0.25) is 14.5 Å². The van der Waals surface area contributed by atoms with Crippen LogP contribution in [0.3, 0.4) is 0 Å². The SMILES string of the molecule is Cc1cccc(NC(=O)CCCN2C(=O)/C(=C\c3ccco3)SC2=S)c1. The van der Waals surface area contributed by atoms with E-state index in [1.807, 2.05) is 31.2 Å². The van der Waals surface area contributed by atoms with E-state index < -0.39 is 0 Å². The van der Waals surface area contributed by atoms with E-state index in [-0.39, 0.29) is 11.8 Å². The first-order valence-corrected chi connectivity index (χ1v) is 9.41. The molecule has 1 saturated heterocycles. The van der Waals surface area contributed by atoms with Crippen LogP contribution in [0.25, 0.3) is 6.08 Å². The molecule has 7 heteroatoms. The summed E-state index contributed by atoms with van der Waals surface area (Å²) >= 11 is 6.54. The van der Waals surface area contributed by atoms with Gasteiger partial charge in [-0.15, -0.1) is 0 Å². The maximum absolute atomic E-state index is 12.5. The normalized spacial score (nSPS) is 15.7. The van der Waals surface area contributed by atoms with Crippen molar-refractivity contribution in [2.75, 3.05) is 11.9 Å². The molecule has 2 heterocycles. The smallest absolute Gasteiger partial charge is 0.266 e. The van der Waals surface area contributed by atoms with Gasteiger partial charge in [-0.2, -0.15) is 0 Å². The number of nitrogens with zero attached hydrogens (tertiary/aromatic N) is 1. The van der Waals surface area contributed by atoms with Gasteiger partial charge in [0, 0.05) is 24.7 Å². The third kappa shape index (κ3) is 4.62. The number of thioether (sulfide) groups is 1. The molecule has 1 aromatic carbocycles. The molecule has 1 aliphatic heterocycles. The number of carbonyl (C=O) groups is 2. The molecule has 1 N–H and O–H groups in total. The van der Waals surface area contributed by atoms with E-state index >= 15 is 0 Å². The predicted octanol–water partition coefficient (Wildman–Crippen LogP) is 4.21. The molecule has 0 bridgehead atoms. The number of amides is 2. The molecule has 0 spiro atoms. The van der Waals surface area contributed by atoms with Crippen LogP contribution in [0, 0.1) is 6.92 Å². The molecule has 0 saturated carbocycles. The molecule has 0 atom stereocenters. The van der Waals surface area contributed by atoms with Crippen LogP contribution >= 0.6 is 24.0 Å². The Morgan fingerprint density at radius 3 is 2.92 bits per heavy atom. The van der Waals surface area contributed by atoms with E-state index in [0.29, 0.717) is 34.4 Å². The predicted molar refractivity (Wildman–Crippen MR) is 108 cm³/mol. The van der Waals surface area contributed by atoms with Crippen LogP contribution in [0.2, 0.25) is 0 Å². The summed E-state index contributed by atoms with van der Waals surface area (Å²) < 4.78 is 5.74. The number of hydrogen-bond donors (Lipinski definition) is 1. The molecule has 0 radical (unpaired) electrons. The Morgan fingerprint density at radius 1 is 1.35 bits per heavy atom. The highest BCUT2D eigenvalue weighted by molar-refractivity contribution is 8.26. The lowest BCUT2D eigenvalue weighted by Crippen LogP contribution is -2.29. The fourth-order valence-corrected chi connectivity index (χ4v) is 3.83. The maximum Gasteiger partial charge on any atom is 0.266 e. The number of hydrogen-bond acceptors (Lipinski definition) is 5. The van der Waals surface area contributed by atoms with Crippen LogP contribution < -0.4 is 5.32 Å². The summed E-state index contributed by atoms with van der Waals surface area (Å²) in [4.78, 5) is 26.6. The van der Waals surface area contributed by atoms with E-state index in [1.165, 1.54) is 16.7 Å². The van der Waals surface area contributed by atoms with Crippen LogP contribution in [-0.2, 0) is 9.59 Å². The van der Waals surface area contributed by atoms with Gasteiger partial charge in [0.2, 0.25) is 5.91 Å². The van der Waals surface area contributed by atoms with Gasteiger partial charge in [0.25, 0.3) is 5.91 Å². The summed E-state index contributed by atoms with van der Waals surface area (Å²) in [6.07, 6.45) is 4.10. The van der Waals surface area contributed by atoms with Gasteiger partial charge in [-0.1, -0.05) is 36.1 Å². The average molecular weight is 386 g/mol. The molecular formula is C19H18N2O3S2. The minimum absolute atomic E-state index is 0.0767. The lowest BCUT2D eigenvalue weighted by Gasteiger charge is -2.14. The second kappa shape index (κ2) is 8.33. The van der Waals surface area contributed by atoms with Crippen LogP contribution in [0.5, 0.6) is 0 Å². The first-order valence-electron chi connectivity index (χ1n) is 8.18. The van der Waals surface area contributed by atoms with Crippen molar-refractivity contribution in [1.82, 2.24) is 4.90 Å². The summed E-state index contributed by atoms with van der Waals surface area (Å²) in [6, 6.07) is 11.2. The summed E-state index contributed by atoms with van der Waals surface area (Å²) in [5, 5.41) is 2.86. The van der Waals surface area contributed by atoms with Crippen molar-refractivity contribution >= 4 is 51.9 Å². The zero-order chi connectivity index (χ0) is 18.5. The van der Waals surface area contributed by atoms with E-state index in [0.717, 1.165) is 11.3 Å². The summed E-state index contributed by atoms with van der Waals surface area (Å²) in [5.74, 6) is 0.394. The van der Waals surface area contributed by atoms with E-state index in [4.69, 9.17) is 16.6 Å². The Bertz CT molecular complexity index is 859. The summed E-state index contributed by atoms with van der Waals surface area (Å²) in [7, 11) is 0. The van der Waals surface area contributed by atoms with Crippen molar-refractivity contribution in [2.45, 2.75) is 19.8 Å². The molecule has 0 aliphatic carbocycles. The summed E-state index contributed by atoms with van der Waals surface area (Å²) in [6.45, 7) is 2.39. The van der Waals surface area contributed by atoms with Crippen LogP contribution in [-0.4, -0.2) is 27.6 Å². The molecule has 26 heavy (non-hydrogen) atoms. The van der Waals surface area contributed by atoms with Gasteiger partial charge in [0.05, 0.1) is 11.2 Å². The van der Waals surface area contributed by atoms with Crippen LogP contribution in [0.15, 0.2) is 52.0 Å². The minimum Gasteiger partial charge on any atom is -0.465 e. The van der Waals surface area contributed by atoms with Crippen molar-refractivity contribution in [1.29, 1.82) is 0 Å². The maximum atomic E-state index is 12.5. The van der Waals surface area contributed by atoms with E-state index in [9.17, 15) is 9.59 Å². The van der Waals surface area contributed by atoms with Gasteiger partial charge in [0.15, 0.2) is 0 Å². The topological polar surface area (TPSA) is 62.6 Å². The summed E-state index contributed by atoms with van der Waals surface area (Å²) in [5.41, 5.74) is 1.87. The Hall–Kier alpha value is -2.38. The molecule has 1 aliphatic rings. The number of rotatable bonds is 6. The first-order chi connectivity index (χ1) is 12.5. The molecule has 2 amide bonds. The average Bonchev–Trinajstić information content (AvgIpc) is 3.19. The minimum atomic E-state index is -0.143. The number of furan rings is 1. The standard InChI is InChI=1S/C19H18N2O3S2/c1-13-5-2-6-14(11-13)20-17(22)8-3-9-21-18(23)16(26-19(21)25)12-15-7-4-10-24-15/h2,4-7,10-12H,3,8-9H2,1H3,(H,20,22)/b16-12+. The fraction of sp³-hybridized carbons (Fsp3) is 0.211. The zero-order valence-electron chi connectivity index (χ0n) is 14.2. The van der Waals surface area contributed by atoms with Gasteiger partial charge in [0.1, 0.15) is 10.1 Å². The van der Waals surface area contributed by atoms with E-state index in [1.54, 1.807) is 24.5 Å². The molecule has 3 rings (SSSR count). The Balaban J connectivity index is 1.51. The van der Waals surface area contributed by atoms with E-state index in [2.05, 4.69) is 5.32 Å². The fourth-order valence-electron chi connectivity index (χ4n) is 2.54. The highest BCUT2D eigenvalue weighted by Gasteiger charge is 2.31. The number of benzene rings is 1. The van der Waals surface area contributed by atoms with Crippen molar-refractivity contribution in [2.24, 2.45) is 0 Å². The van der Waals surface area contributed by atoms with Crippen LogP contribution in [0.1, 0.15) is 24.2 Å². The number of carbonyl (C=O) groups excluding carboxylic acids is 2. The van der Waals surface area contributed by atoms with Gasteiger partial charge in [-0.05, 0) is 43.2 Å². The van der Waals surface area contributed by atoms with Crippen molar-refractivity contribution in [3.05, 3.63) is 58.9 Å². The van der Waals surface area contributed by atoms with Crippen LogP contribution in [0.4, 0.5) is 5.69 Å². The molecule has 134 valence electrons. The number of anilines is 1. The Kier molecular flexibility index (Phi) is 5.90. The second-order valence-corrected chi connectivity index (χ2v) is 7.55. The highest BCUT2D eigenvalue weighted by Crippen LogP contribution is 2.32. The van der Waals surface area contributed by atoms with Gasteiger partial charge < -0.3 is 9.73 Å².